The summed E-state index contributed by atoms with van der Waals surface area (Å²) in [4.78, 5) is 15.9. The van der Waals surface area contributed by atoms with Crippen LogP contribution in [0, 0.1) is 0 Å². The molecule has 0 atom stereocenters. The molecule has 82 valence electrons. The van der Waals surface area contributed by atoms with Gasteiger partial charge in [0.25, 0.3) is 0 Å². The molecule has 0 aliphatic rings. The predicted molar refractivity (Wildman–Crippen MR) is 56.5 cm³/mol. The Hall–Kier alpha value is -2.30. The van der Waals surface area contributed by atoms with Crippen molar-refractivity contribution in [3.63, 3.8) is 0 Å². The summed E-state index contributed by atoms with van der Waals surface area (Å²) in [7, 11) is 0. The molecule has 0 fully saturated rings. The van der Waals surface area contributed by atoms with E-state index in [1.54, 1.807) is 18.2 Å². The van der Waals surface area contributed by atoms with Gasteiger partial charge in [0, 0.05) is 18.5 Å². The normalized spacial score (nSPS) is 11.7. The molecule has 5 heteroatoms. The first-order chi connectivity index (χ1) is 7.72. The van der Waals surface area contributed by atoms with Crippen molar-refractivity contribution in [1.82, 2.24) is 4.73 Å². The van der Waals surface area contributed by atoms with Crippen LogP contribution in [0.25, 0.3) is 10.9 Å². The zero-order chi connectivity index (χ0) is 11.5. The van der Waals surface area contributed by atoms with Crippen molar-refractivity contribution in [3.05, 3.63) is 41.9 Å². The molecule has 0 amide bonds. The van der Waals surface area contributed by atoms with Crippen molar-refractivity contribution in [2.24, 2.45) is 5.16 Å². The van der Waals surface area contributed by atoms with Gasteiger partial charge < -0.3 is 10.0 Å². The van der Waals surface area contributed by atoms with Gasteiger partial charge in [-0.25, -0.2) is 4.79 Å². The van der Waals surface area contributed by atoms with E-state index in [-0.39, 0.29) is 0 Å². The number of benzene rings is 1. The highest BCUT2D eigenvalue weighted by atomic mass is 16.7. The molecule has 2 rings (SSSR count). The molecule has 0 aliphatic carbocycles. The van der Waals surface area contributed by atoms with Gasteiger partial charge in [-0.15, -0.1) is 0 Å². The molecule has 1 aromatic carbocycles. The number of pyridine rings is 1. The Labute approximate surface area is 91.1 Å². The number of rotatable bonds is 1. The third-order valence-corrected chi connectivity index (χ3v) is 2.12. The summed E-state index contributed by atoms with van der Waals surface area (Å²) in [5.41, 5.74) is 0.660. The second-order valence-electron chi connectivity index (χ2n) is 3.23. The molecule has 1 aromatic heterocycles. The third kappa shape index (κ3) is 1.75. The van der Waals surface area contributed by atoms with Crippen LogP contribution in [-0.2, 0) is 4.79 Å². The van der Waals surface area contributed by atoms with Gasteiger partial charge in [0.1, 0.15) is 5.36 Å². The Bertz CT molecular complexity index is 601. The van der Waals surface area contributed by atoms with E-state index in [0.717, 1.165) is 0 Å². The van der Waals surface area contributed by atoms with Crippen LogP contribution in [0.2, 0.25) is 0 Å². The lowest BCUT2D eigenvalue weighted by molar-refractivity contribution is -0.141. The van der Waals surface area contributed by atoms with Gasteiger partial charge in [0.15, 0.2) is 0 Å². The lowest BCUT2D eigenvalue weighted by Gasteiger charge is -2.08. The van der Waals surface area contributed by atoms with Gasteiger partial charge in [-0.2, -0.15) is 4.73 Å². The molecule has 5 nitrogen and oxygen atoms in total. The summed E-state index contributed by atoms with van der Waals surface area (Å²) in [6.45, 7) is 1.33. The zero-order valence-electron chi connectivity index (χ0n) is 8.62. The molecule has 0 radical (unpaired) electrons. The number of para-hydroxylation sites is 1. The maximum absolute atomic E-state index is 10.9. The highest BCUT2D eigenvalue weighted by Gasteiger charge is 2.03. The summed E-state index contributed by atoms with van der Waals surface area (Å²) >= 11 is 0. The highest BCUT2D eigenvalue weighted by Crippen LogP contribution is 2.07. The smallest absolute Gasteiger partial charge is 0.329 e. The van der Waals surface area contributed by atoms with Gasteiger partial charge >= 0.3 is 5.97 Å². The SMILES string of the molecule is CC(=O)On1ccc(=NO)c2ccccc21. The predicted octanol–water partition coefficient (Wildman–Crippen LogP) is 0.906. The van der Waals surface area contributed by atoms with Crippen molar-refractivity contribution in [1.29, 1.82) is 0 Å². The Balaban J connectivity index is 2.75. The van der Waals surface area contributed by atoms with Crippen LogP contribution in [0.5, 0.6) is 0 Å². The van der Waals surface area contributed by atoms with E-state index in [1.165, 1.54) is 17.9 Å². The monoisotopic (exact) mass is 218 g/mol. The van der Waals surface area contributed by atoms with Gasteiger partial charge in [0.2, 0.25) is 0 Å². The average molecular weight is 218 g/mol. The van der Waals surface area contributed by atoms with Crippen LogP contribution in [0.15, 0.2) is 41.7 Å². The van der Waals surface area contributed by atoms with Crippen LogP contribution < -0.4 is 10.2 Å². The Kier molecular flexibility index (Phi) is 2.59. The number of hydrogen-bond donors (Lipinski definition) is 1. The van der Waals surface area contributed by atoms with Crippen LogP contribution in [0.3, 0.4) is 0 Å². The maximum atomic E-state index is 10.9. The summed E-state index contributed by atoms with van der Waals surface area (Å²) in [5, 5.41) is 13.1. The molecule has 1 heterocycles. The highest BCUT2D eigenvalue weighted by molar-refractivity contribution is 5.79. The van der Waals surface area contributed by atoms with Crippen molar-refractivity contribution >= 4 is 16.9 Å². The molecule has 0 saturated heterocycles. The van der Waals surface area contributed by atoms with Gasteiger partial charge in [-0.1, -0.05) is 23.4 Å². The molecule has 0 spiro atoms. The minimum absolute atomic E-state index is 0.413. The van der Waals surface area contributed by atoms with Gasteiger partial charge in [-0.3, -0.25) is 0 Å². The van der Waals surface area contributed by atoms with E-state index < -0.39 is 5.97 Å². The summed E-state index contributed by atoms with van der Waals surface area (Å²) in [5.74, 6) is -0.413. The number of hydrogen-bond acceptors (Lipinski definition) is 4. The summed E-state index contributed by atoms with van der Waals surface area (Å²) in [6, 6.07) is 8.74. The molecule has 0 unspecified atom stereocenters. The summed E-state index contributed by atoms with van der Waals surface area (Å²) in [6.07, 6.45) is 1.53. The molecular formula is C11H10N2O3. The minimum atomic E-state index is -0.413. The standard InChI is InChI=1S/C11H10N2O3/c1-8(14)16-13-7-6-10(12-15)9-4-2-3-5-11(9)13/h2-7,15H,1H3. The number of nitrogens with zero attached hydrogens (tertiary/aromatic N) is 2. The van der Waals surface area contributed by atoms with Crippen molar-refractivity contribution in [2.75, 3.05) is 0 Å². The number of carbonyl (C=O) groups is 1. The van der Waals surface area contributed by atoms with Crippen LogP contribution in [0.4, 0.5) is 0 Å². The van der Waals surface area contributed by atoms with E-state index in [0.29, 0.717) is 16.3 Å². The molecule has 0 bridgehead atoms. The topological polar surface area (TPSA) is 63.8 Å². The van der Waals surface area contributed by atoms with E-state index in [9.17, 15) is 4.79 Å². The largest absolute Gasteiger partial charge is 0.410 e. The lowest BCUT2D eigenvalue weighted by Crippen LogP contribution is -2.19. The van der Waals surface area contributed by atoms with Crippen molar-refractivity contribution < 1.29 is 14.8 Å². The first kappa shape index (κ1) is 10.2. The Morgan fingerprint density at radius 3 is 2.81 bits per heavy atom. The van der Waals surface area contributed by atoms with Crippen LogP contribution in [0.1, 0.15) is 6.92 Å². The molecule has 2 aromatic rings. The minimum Gasteiger partial charge on any atom is -0.410 e. The van der Waals surface area contributed by atoms with Gasteiger partial charge in [-0.05, 0) is 12.1 Å². The fourth-order valence-corrected chi connectivity index (χ4v) is 1.50. The van der Waals surface area contributed by atoms with Gasteiger partial charge in [0.05, 0.1) is 5.52 Å². The second kappa shape index (κ2) is 4.06. The Morgan fingerprint density at radius 2 is 2.12 bits per heavy atom. The fourth-order valence-electron chi connectivity index (χ4n) is 1.50. The number of carbonyl (C=O) groups excluding carboxylic acids is 1. The quantitative estimate of drug-likeness (QED) is 0.571. The van der Waals surface area contributed by atoms with E-state index in [4.69, 9.17) is 10.0 Å². The molecular weight excluding hydrogens is 208 g/mol. The first-order valence-corrected chi connectivity index (χ1v) is 4.70. The zero-order valence-corrected chi connectivity index (χ0v) is 8.62. The van der Waals surface area contributed by atoms with E-state index in [1.807, 2.05) is 12.1 Å². The number of aromatic nitrogens is 1. The molecule has 1 N–H and O–H groups in total. The maximum Gasteiger partial charge on any atom is 0.329 e. The molecule has 0 aliphatic heterocycles. The lowest BCUT2D eigenvalue weighted by atomic mass is 10.2. The third-order valence-electron chi connectivity index (χ3n) is 2.12. The number of fused-ring (bicyclic) bond motifs is 1. The Morgan fingerprint density at radius 1 is 1.38 bits per heavy atom. The van der Waals surface area contributed by atoms with Crippen LogP contribution >= 0.6 is 0 Å². The molecule has 0 saturated carbocycles. The molecule has 16 heavy (non-hydrogen) atoms. The average Bonchev–Trinajstić information content (AvgIpc) is 2.29. The fraction of sp³-hybridized carbons (Fsp3) is 0.0909. The van der Waals surface area contributed by atoms with Crippen LogP contribution in [-0.4, -0.2) is 15.9 Å². The summed E-state index contributed by atoms with van der Waals surface area (Å²) < 4.78 is 1.34. The second-order valence-corrected chi connectivity index (χ2v) is 3.23. The van der Waals surface area contributed by atoms with Crippen molar-refractivity contribution in [2.45, 2.75) is 6.92 Å². The van der Waals surface area contributed by atoms with E-state index in [2.05, 4.69) is 5.16 Å². The first-order valence-electron chi connectivity index (χ1n) is 4.70. The van der Waals surface area contributed by atoms with Crippen molar-refractivity contribution in [3.8, 4) is 0 Å². The van der Waals surface area contributed by atoms with E-state index >= 15 is 0 Å².